The van der Waals surface area contributed by atoms with Crippen LogP contribution in [-0.2, 0) is 6.42 Å². The van der Waals surface area contributed by atoms with Gasteiger partial charge in [-0.15, -0.1) is 11.3 Å². The highest BCUT2D eigenvalue weighted by Crippen LogP contribution is 2.25. The van der Waals surface area contributed by atoms with Crippen molar-refractivity contribution < 1.29 is 0 Å². The molecule has 0 fully saturated rings. The molecule has 1 unspecified atom stereocenters. The van der Waals surface area contributed by atoms with E-state index < -0.39 is 0 Å². The number of rotatable bonds is 4. The Morgan fingerprint density at radius 1 is 1.44 bits per heavy atom. The molecule has 2 nitrogen and oxygen atoms in total. The van der Waals surface area contributed by atoms with Crippen molar-refractivity contribution in [3.8, 4) is 0 Å². The third-order valence-electron chi connectivity index (χ3n) is 2.96. The summed E-state index contributed by atoms with van der Waals surface area (Å²) >= 11 is 1.80. The normalized spacial score (nSPS) is 13.2. The first kappa shape index (κ1) is 11.6. The van der Waals surface area contributed by atoms with Gasteiger partial charge in [0.2, 0.25) is 0 Å². The number of nitrogens with zero attached hydrogens (tertiary/aromatic N) is 1. The Kier molecular flexibility index (Phi) is 3.56. The molecule has 0 saturated carbocycles. The van der Waals surface area contributed by atoms with Gasteiger partial charge in [-0.25, -0.2) is 4.98 Å². The third-order valence-corrected chi connectivity index (χ3v) is 4.02. The lowest BCUT2D eigenvalue weighted by Gasteiger charge is -2.08. The molecular formula is C13H18N2S. The number of hydrogen-bond acceptors (Lipinski definition) is 3. The molecule has 2 rings (SSSR count). The van der Waals surface area contributed by atoms with Crippen LogP contribution in [0, 0.1) is 12.8 Å². The van der Waals surface area contributed by atoms with Gasteiger partial charge < -0.3 is 5.73 Å². The van der Waals surface area contributed by atoms with Gasteiger partial charge in [0.05, 0.1) is 15.2 Å². The number of benzene rings is 1. The predicted octanol–water partition coefficient (Wildman–Crippen LogP) is 3.13. The zero-order chi connectivity index (χ0) is 11.5. The van der Waals surface area contributed by atoms with Crippen molar-refractivity contribution in [2.75, 3.05) is 6.54 Å². The number of thiazole rings is 1. The minimum Gasteiger partial charge on any atom is -0.330 e. The van der Waals surface area contributed by atoms with Crippen molar-refractivity contribution in [1.82, 2.24) is 4.98 Å². The van der Waals surface area contributed by atoms with Crippen LogP contribution in [0.1, 0.15) is 23.9 Å². The standard InChI is InChI=1S/C13H18N2S/c1-3-10(8-14)7-13-15-11-6-9(2)4-5-12(11)16-13/h4-6,10H,3,7-8,14H2,1-2H3. The molecule has 1 aromatic carbocycles. The zero-order valence-corrected chi connectivity index (χ0v) is 10.7. The molecular weight excluding hydrogens is 216 g/mol. The molecule has 2 N–H and O–H groups in total. The molecule has 0 aliphatic carbocycles. The van der Waals surface area contributed by atoms with Gasteiger partial charge in [0, 0.05) is 6.42 Å². The van der Waals surface area contributed by atoms with Crippen LogP contribution in [0.2, 0.25) is 0 Å². The molecule has 1 heterocycles. The molecule has 1 atom stereocenters. The van der Waals surface area contributed by atoms with Crippen molar-refractivity contribution in [1.29, 1.82) is 0 Å². The van der Waals surface area contributed by atoms with Crippen LogP contribution in [0.15, 0.2) is 18.2 Å². The highest BCUT2D eigenvalue weighted by Gasteiger charge is 2.09. The fourth-order valence-corrected chi connectivity index (χ4v) is 2.88. The smallest absolute Gasteiger partial charge is 0.0941 e. The Bertz CT molecular complexity index is 472. The number of aromatic nitrogens is 1. The van der Waals surface area contributed by atoms with Gasteiger partial charge in [-0.2, -0.15) is 0 Å². The van der Waals surface area contributed by atoms with Crippen molar-refractivity contribution in [3.05, 3.63) is 28.8 Å². The van der Waals surface area contributed by atoms with Gasteiger partial charge in [0.15, 0.2) is 0 Å². The minimum atomic E-state index is 0.571. The third kappa shape index (κ3) is 2.42. The molecule has 0 bridgehead atoms. The molecule has 0 spiro atoms. The maximum absolute atomic E-state index is 5.73. The van der Waals surface area contributed by atoms with E-state index in [1.54, 1.807) is 11.3 Å². The second kappa shape index (κ2) is 4.93. The maximum atomic E-state index is 5.73. The van der Waals surface area contributed by atoms with E-state index in [4.69, 9.17) is 5.73 Å². The number of aryl methyl sites for hydroxylation is 1. The Morgan fingerprint density at radius 3 is 2.94 bits per heavy atom. The van der Waals surface area contributed by atoms with Crippen LogP contribution in [0.25, 0.3) is 10.2 Å². The molecule has 0 radical (unpaired) electrons. The topological polar surface area (TPSA) is 38.9 Å². The Labute approximate surface area is 101 Å². The van der Waals surface area contributed by atoms with Gasteiger partial charge >= 0.3 is 0 Å². The summed E-state index contributed by atoms with van der Waals surface area (Å²) in [4.78, 5) is 4.67. The summed E-state index contributed by atoms with van der Waals surface area (Å²) in [7, 11) is 0. The van der Waals surface area contributed by atoms with E-state index >= 15 is 0 Å². The van der Waals surface area contributed by atoms with Crippen LogP contribution in [-0.4, -0.2) is 11.5 Å². The molecule has 86 valence electrons. The fourth-order valence-electron chi connectivity index (χ4n) is 1.81. The average Bonchev–Trinajstić information content (AvgIpc) is 2.67. The SMILES string of the molecule is CCC(CN)Cc1nc2cc(C)ccc2s1. The number of fused-ring (bicyclic) bond motifs is 1. The van der Waals surface area contributed by atoms with E-state index in [1.165, 1.54) is 15.3 Å². The van der Waals surface area contributed by atoms with Gasteiger partial charge in [0.1, 0.15) is 0 Å². The van der Waals surface area contributed by atoms with Crippen LogP contribution >= 0.6 is 11.3 Å². The first-order valence-corrected chi connectivity index (χ1v) is 6.60. The van der Waals surface area contributed by atoms with Crippen molar-refractivity contribution in [3.63, 3.8) is 0 Å². The quantitative estimate of drug-likeness (QED) is 0.882. The molecule has 1 aromatic heterocycles. The average molecular weight is 234 g/mol. The molecule has 2 aromatic rings. The first-order valence-electron chi connectivity index (χ1n) is 5.79. The fraction of sp³-hybridized carbons (Fsp3) is 0.462. The summed E-state index contributed by atoms with van der Waals surface area (Å²) in [6, 6.07) is 6.46. The van der Waals surface area contributed by atoms with Crippen molar-refractivity contribution in [2.45, 2.75) is 26.7 Å². The number of hydrogen-bond donors (Lipinski definition) is 1. The number of nitrogens with two attached hydrogens (primary N) is 1. The highest BCUT2D eigenvalue weighted by molar-refractivity contribution is 7.18. The lowest BCUT2D eigenvalue weighted by Crippen LogP contribution is -2.15. The summed E-state index contributed by atoms with van der Waals surface area (Å²) in [6.07, 6.45) is 2.15. The van der Waals surface area contributed by atoms with E-state index in [0.29, 0.717) is 5.92 Å². The summed E-state index contributed by atoms with van der Waals surface area (Å²) < 4.78 is 1.28. The van der Waals surface area contributed by atoms with E-state index in [-0.39, 0.29) is 0 Å². The van der Waals surface area contributed by atoms with Crippen LogP contribution in [0.4, 0.5) is 0 Å². The first-order chi connectivity index (χ1) is 7.72. The molecule has 0 amide bonds. The minimum absolute atomic E-state index is 0.571. The predicted molar refractivity (Wildman–Crippen MR) is 70.9 cm³/mol. The van der Waals surface area contributed by atoms with Crippen LogP contribution < -0.4 is 5.73 Å². The summed E-state index contributed by atoms with van der Waals surface area (Å²) in [5, 5.41) is 1.22. The van der Waals surface area contributed by atoms with E-state index in [2.05, 4.69) is 37.0 Å². The molecule has 0 saturated heterocycles. The van der Waals surface area contributed by atoms with Crippen molar-refractivity contribution in [2.24, 2.45) is 11.7 Å². The molecule has 3 heteroatoms. The summed E-state index contributed by atoms with van der Waals surface area (Å²) in [5.41, 5.74) is 8.13. The Hall–Kier alpha value is -0.930. The van der Waals surface area contributed by atoms with E-state index in [9.17, 15) is 0 Å². The van der Waals surface area contributed by atoms with Crippen molar-refractivity contribution >= 4 is 21.6 Å². The second-order valence-electron chi connectivity index (χ2n) is 4.29. The van der Waals surface area contributed by atoms with Gasteiger partial charge in [-0.05, 0) is 37.1 Å². The summed E-state index contributed by atoms with van der Waals surface area (Å²) in [6.45, 7) is 5.05. The lowest BCUT2D eigenvalue weighted by atomic mass is 10.0. The van der Waals surface area contributed by atoms with Crippen LogP contribution in [0.3, 0.4) is 0 Å². The van der Waals surface area contributed by atoms with Crippen LogP contribution in [0.5, 0.6) is 0 Å². The lowest BCUT2D eigenvalue weighted by molar-refractivity contribution is 0.518. The molecule has 16 heavy (non-hydrogen) atoms. The monoisotopic (exact) mass is 234 g/mol. The van der Waals surface area contributed by atoms with E-state index in [0.717, 1.165) is 24.9 Å². The van der Waals surface area contributed by atoms with Gasteiger partial charge in [-0.3, -0.25) is 0 Å². The summed E-state index contributed by atoms with van der Waals surface area (Å²) in [5.74, 6) is 0.571. The Balaban J connectivity index is 2.25. The van der Waals surface area contributed by atoms with E-state index in [1.807, 2.05) is 0 Å². The maximum Gasteiger partial charge on any atom is 0.0941 e. The Morgan fingerprint density at radius 2 is 2.25 bits per heavy atom. The molecule has 0 aliphatic rings. The largest absolute Gasteiger partial charge is 0.330 e. The zero-order valence-electron chi connectivity index (χ0n) is 9.86. The second-order valence-corrected chi connectivity index (χ2v) is 5.41. The van der Waals surface area contributed by atoms with Gasteiger partial charge in [-0.1, -0.05) is 19.4 Å². The highest BCUT2D eigenvalue weighted by atomic mass is 32.1. The molecule has 0 aliphatic heterocycles. The van der Waals surface area contributed by atoms with Gasteiger partial charge in [0.25, 0.3) is 0 Å².